The lowest BCUT2D eigenvalue weighted by Gasteiger charge is -2.19. The van der Waals surface area contributed by atoms with Gasteiger partial charge in [0.15, 0.2) is 6.29 Å². The molecule has 6 heteroatoms. The Balaban J connectivity index is 2.03. The molecule has 22 heavy (non-hydrogen) atoms. The SMILES string of the molecule is CC(C)(C)OC(=O)Nc1cccc(Cn2cc(C=O)cn2)c1. The van der Waals surface area contributed by atoms with Crippen molar-refractivity contribution in [3.05, 3.63) is 47.8 Å². The van der Waals surface area contributed by atoms with Crippen molar-refractivity contribution in [2.45, 2.75) is 32.9 Å². The number of benzene rings is 1. The van der Waals surface area contributed by atoms with Gasteiger partial charge in [0.2, 0.25) is 0 Å². The fourth-order valence-corrected chi connectivity index (χ4v) is 1.88. The number of nitrogens with one attached hydrogen (secondary N) is 1. The van der Waals surface area contributed by atoms with E-state index in [0.717, 1.165) is 11.8 Å². The van der Waals surface area contributed by atoms with E-state index in [1.54, 1.807) is 16.9 Å². The summed E-state index contributed by atoms with van der Waals surface area (Å²) in [6.45, 7) is 5.94. The summed E-state index contributed by atoms with van der Waals surface area (Å²) in [5.74, 6) is 0. The zero-order chi connectivity index (χ0) is 16.2. The maximum atomic E-state index is 11.8. The Kier molecular flexibility index (Phi) is 4.60. The second-order valence-electron chi connectivity index (χ2n) is 5.92. The minimum atomic E-state index is -0.540. The first-order valence-electron chi connectivity index (χ1n) is 6.92. The summed E-state index contributed by atoms with van der Waals surface area (Å²) in [7, 11) is 0. The van der Waals surface area contributed by atoms with Crippen molar-refractivity contribution < 1.29 is 14.3 Å². The van der Waals surface area contributed by atoms with Crippen molar-refractivity contribution in [3.8, 4) is 0 Å². The smallest absolute Gasteiger partial charge is 0.412 e. The average Bonchev–Trinajstić information content (AvgIpc) is 2.84. The maximum Gasteiger partial charge on any atom is 0.412 e. The van der Waals surface area contributed by atoms with Crippen molar-refractivity contribution >= 4 is 18.1 Å². The normalized spacial score (nSPS) is 11.0. The summed E-state index contributed by atoms with van der Waals surface area (Å²) in [6.07, 6.45) is 3.44. The zero-order valence-corrected chi connectivity index (χ0v) is 12.9. The van der Waals surface area contributed by atoms with E-state index in [1.165, 1.54) is 6.20 Å². The molecule has 0 bridgehead atoms. The molecular weight excluding hydrogens is 282 g/mol. The second kappa shape index (κ2) is 6.43. The number of aldehydes is 1. The Morgan fingerprint density at radius 2 is 2.18 bits per heavy atom. The third-order valence-electron chi connectivity index (χ3n) is 2.71. The lowest BCUT2D eigenvalue weighted by atomic mass is 10.2. The number of rotatable bonds is 4. The molecule has 1 heterocycles. The predicted molar refractivity (Wildman–Crippen MR) is 83.0 cm³/mol. The molecule has 0 aliphatic heterocycles. The Morgan fingerprint density at radius 1 is 1.41 bits per heavy atom. The number of amides is 1. The number of nitrogens with zero attached hydrogens (tertiary/aromatic N) is 2. The Morgan fingerprint density at radius 3 is 2.82 bits per heavy atom. The third-order valence-corrected chi connectivity index (χ3v) is 2.71. The van der Waals surface area contributed by atoms with Gasteiger partial charge in [-0.15, -0.1) is 0 Å². The van der Waals surface area contributed by atoms with Gasteiger partial charge in [0.1, 0.15) is 5.60 Å². The van der Waals surface area contributed by atoms with Crippen LogP contribution in [0.2, 0.25) is 0 Å². The highest BCUT2D eigenvalue weighted by Crippen LogP contribution is 2.14. The Bertz CT molecular complexity index is 671. The van der Waals surface area contributed by atoms with Crippen LogP contribution in [0.1, 0.15) is 36.7 Å². The van der Waals surface area contributed by atoms with E-state index < -0.39 is 11.7 Å². The summed E-state index contributed by atoms with van der Waals surface area (Å²) < 4.78 is 6.87. The number of ether oxygens (including phenoxy) is 1. The largest absolute Gasteiger partial charge is 0.444 e. The fraction of sp³-hybridized carbons (Fsp3) is 0.312. The first kappa shape index (κ1) is 15.8. The Hall–Kier alpha value is -2.63. The molecule has 6 nitrogen and oxygen atoms in total. The predicted octanol–water partition coefficient (Wildman–Crippen LogP) is 3.09. The molecule has 2 aromatic rings. The van der Waals surface area contributed by atoms with Gasteiger partial charge >= 0.3 is 6.09 Å². The quantitative estimate of drug-likeness (QED) is 0.881. The van der Waals surface area contributed by atoms with Gasteiger partial charge in [0.25, 0.3) is 0 Å². The molecule has 1 aromatic heterocycles. The van der Waals surface area contributed by atoms with Gasteiger partial charge in [-0.05, 0) is 38.5 Å². The van der Waals surface area contributed by atoms with Crippen LogP contribution in [0.15, 0.2) is 36.7 Å². The average molecular weight is 301 g/mol. The number of anilines is 1. The van der Waals surface area contributed by atoms with E-state index in [-0.39, 0.29) is 0 Å². The van der Waals surface area contributed by atoms with Gasteiger partial charge in [0, 0.05) is 11.9 Å². The fourth-order valence-electron chi connectivity index (χ4n) is 1.88. The number of carbonyl (C=O) groups is 2. The molecule has 0 fully saturated rings. The van der Waals surface area contributed by atoms with Crippen LogP contribution in [0.25, 0.3) is 0 Å². The number of hydrogen-bond donors (Lipinski definition) is 1. The van der Waals surface area contributed by atoms with Crippen LogP contribution in [-0.2, 0) is 11.3 Å². The first-order valence-corrected chi connectivity index (χ1v) is 6.92. The Labute approximate surface area is 129 Å². The van der Waals surface area contributed by atoms with Gasteiger partial charge in [-0.25, -0.2) is 4.79 Å². The van der Waals surface area contributed by atoms with Gasteiger partial charge in [-0.2, -0.15) is 5.10 Å². The zero-order valence-electron chi connectivity index (χ0n) is 12.9. The van der Waals surface area contributed by atoms with Crippen LogP contribution in [-0.4, -0.2) is 27.8 Å². The van der Waals surface area contributed by atoms with Gasteiger partial charge in [-0.3, -0.25) is 14.8 Å². The molecule has 1 amide bonds. The molecule has 116 valence electrons. The van der Waals surface area contributed by atoms with Crippen LogP contribution in [0.4, 0.5) is 10.5 Å². The van der Waals surface area contributed by atoms with Crippen molar-refractivity contribution in [1.29, 1.82) is 0 Å². The topological polar surface area (TPSA) is 73.2 Å². The molecule has 1 aromatic carbocycles. The first-order chi connectivity index (χ1) is 10.4. The van der Waals surface area contributed by atoms with Crippen molar-refractivity contribution in [1.82, 2.24) is 9.78 Å². The van der Waals surface area contributed by atoms with Crippen molar-refractivity contribution in [2.24, 2.45) is 0 Å². The molecule has 0 atom stereocenters. The lowest BCUT2D eigenvalue weighted by molar-refractivity contribution is 0.0636. The van der Waals surface area contributed by atoms with Crippen LogP contribution in [0, 0.1) is 0 Å². The number of hydrogen-bond acceptors (Lipinski definition) is 4. The molecule has 0 spiro atoms. The van der Waals surface area contributed by atoms with Crippen LogP contribution >= 0.6 is 0 Å². The lowest BCUT2D eigenvalue weighted by Crippen LogP contribution is -2.27. The highest BCUT2D eigenvalue weighted by atomic mass is 16.6. The van der Waals surface area contributed by atoms with Gasteiger partial charge in [0.05, 0.1) is 18.3 Å². The third kappa shape index (κ3) is 4.73. The minimum Gasteiger partial charge on any atom is -0.444 e. The van der Waals surface area contributed by atoms with E-state index in [1.807, 2.05) is 39.0 Å². The molecule has 0 aliphatic rings. The van der Waals surface area contributed by atoms with Crippen LogP contribution < -0.4 is 5.32 Å². The van der Waals surface area contributed by atoms with Crippen LogP contribution in [0.3, 0.4) is 0 Å². The molecule has 0 saturated heterocycles. The van der Waals surface area contributed by atoms with E-state index in [0.29, 0.717) is 17.8 Å². The number of carbonyl (C=O) groups excluding carboxylic acids is 2. The molecule has 0 aliphatic carbocycles. The van der Waals surface area contributed by atoms with Gasteiger partial charge in [-0.1, -0.05) is 12.1 Å². The molecule has 0 radical (unpaired) electrons. The molecule has 2 rings (SSSR count). The summed E-state index contributed by atoms with van der Waals surface area (Å²) in [5.41, 5.74) is 1.59. The van der Waals surface area contributed by atoms with E-state index in [2.05, 4.69) is 10.4 Å². The van der Waals surface area contributed by atoms with E-state index >= 15 is 0 Å². The van der Waals surface area contributed by atoms with Crippen molar-refractivity contribution in [2.75, 3.05) is 5.32 Å². The van der Waals surface area contributed by atoms with Crippen molar-refractivity contribution in [3.63, 3.8) is 0 Å². The molecule has 0 saturated carbocycles. The summed E-state index contributed by atoms with van der Waals surface area (Å²) in [4.78, 5) is 22.4. The molecule has 1 N–H and O–H groups in total. The monoisotopic (exact) mass is 301 g/mol. The summed E-state index contributed by atoms with van der Waals surface area (Å²) >= 11 is 0. The van der Waals surface area contributed by atoms with Crippen LogP contribution in [0.5, 0.6) is 0 Å². The molecule has 0 unspecified atom stereocenters. The second-order valence-corrected chi connectivity index (χ2v) is 5.92. The summed E-state index contributed by atoms with van der Waals surface area (Å²) in [5, 5.41) is 6.79. The van der Waals surface area contributed by atoms with Gasteiger partial charge < -0.3 is 4.74 Å². The highest BCUT2D eigenvalue weighted by Gasteiger charge is 2.16. The molecular formula is C16H19N3O3. The highest BCUT2D eigenvalue weighted by molar-refractivity contribution is 5.84. The summed E-state index contributed by atoms with van der Waals surface area (Å²) in [6, 6.07) is 7.38. The minimum absolute atomic E-state index is 0.494. The van der Waals surface area contributed by atoms with E-state index in [4.69, 9.17) is 4.74 Å². The van der Waals surface area contributed by atoms with E-state index in [9.17, 15) is 9.59 Å². The standard InChI is InChI=1S/C16H19N3O3/c1-16(2,3)22-15(21)18-14-6-4-5-12(7-14)9-19-10-13(11-20)8-17-19/h4-8,10-11H,9H2,1-3H3,(H,18,21). The number of aromatic nitrogens is 2. The maximum absolute atomic E-state index is 11.8.